The Bertz CT molecular complexity index is 314. The summed E-state index contributed by atoms with van der Waals surface area (Å²) >= 11 is 0. The number of hydrogen-bond donors (Lipinski definition) is 0. The molecule has 0 aliphatic heterocycles. The predicted molar refractivity (Wildman–Crippen MR) is 77.6 cm³/mol. The molecule has 0 aliphatic carbocycles. The van der Waals surface area contributed by atoms with Gasteiger partial charge in [0.25, 0.3) is 0 Å². The Morgan fingerprint density at radius 1 is 0.895 bits per heavy atom. The largest absolute Gasteiger partial charge is 0.358 e. The van der Waals surface area contributed by atoms with Gasteiger partial charge in [-0.3, -0.25) is 0 Å². The maximum absolute atomic E-state index is 4.22. The van der Waals surface area contributed by atoms with Crippen LogP contribution in [0, 0.1) is 13.5 Å². The summed E-state index contributed by atoms with van der Waals surface area (Å²) in [6.45, 7) is 8.00. The van der Waals surface area contributed by atoms with Crippen molar-refractivity contribution < 1.29 is 52.8 Å². The zero-order valence-corrected chi connectivity index (χ0v) is 17.7. The van der Waals surface area contributed by atoms with E-state index in [-0.39, 0.29) is 60.2 Å². The molecule has 2 radical (unpaired) electrons. The molecule has 106 valence electrons. The molecule has 0 unspecified atom stereocenters. The summed E-state index contributed by atoms with van der Waals surface area (Å²) < 4.78 is 0. The van der Waals surface area contributed by atoms with Gasteiger partial charge in [-0.2, -0.15) is 0 Å². The zero-order chi connectivity index (χ0) is 12.2. The second-order valence-electron chi connectivity index (χ2n) is 2.49. The summed E-state index contributed by atoms with van der Waals surface area (Å²) in [7, 11) is 0. The van der Waals surface area contributed by atoms with Gasteiger partial charge in [-0.1, -0.05) is 39.8 Å². The molecule has 0 atom stereocenters. The molecule has 0 bridgehead atoms. The van der Waals surface area contributed by atoms with Crippen molar-refractivity contribution in [2.24, 2.45) is 0 Å². The van der Waals surface area contributed by atoms with Crippen LogP contribution in [0.3, 0.4) is 0 Å². The Morgan fingerprint density at radius 3 is 1.89 bits per heavy atom. The Morgan fingerprint density at radius 2 is 1.47 bits per heavy atom. The van der Waals surface area contributed by atoms with Crippen LogP contribution in [-0.4, -0.2) is 4.98 Å². The Labute approximate surface area is 157 Å². The fourth-order valence-electron chi connectivity index (χ4n) is 1.07. The molecular formula is C16H23IrNY-2. The summed E-state index contributed by atoms with van der Waals surface area (Å²) in [5, 5.41) is 0. The molecule has 1 aromatic carbocycles. The SMILES string of the molecule is CC.CC.[CH3-].[Ir].[Y].[c-]1ccccc1-c1ccccn1. The number of aromatic nitrogens is 1. The molecule has 2 rings (SSSR count). The van der Waals surface area contributed by atoms with Crippen LogP contribution in [0.25, 0.3) is 11.3 Å². The third-order valence-electron chi connectivity index (χ3n) is 1.65. The van der Waals surface area contributed by atoms with E-state index in [2.05, 4.69) is 11.1 Å². The van der Waals surface area contributed by atoms with Crippen LogP contribution in [0.1, 0.15) is 27.7 Å². The van der Waals surface area contributed by atoms with Crippen LogP contribution in [0.2, 0.25) is 0 Å². The van der Waals surface area contributed by atoms with Gasteiger partial charge in [-0.25, -0.2) is 0 Å². The summed E-state index contributed by atoms with van der Waals surface area (Å²) in [5.41, 5.74) is 2.01. The first-order valence-corrected chi connectivity index (χ1v) is 5.85. The van der Waals surface area contributed by atoms with Crippen molar-refractivity contribution in [3.63, 3.8) is 0 Å². The van der Waals surface area contributed by atoms with E-state index in [1.165, 1.54) is 0 Å². The molecule has 19 heavy (non-hydrogen) atoms. The normalized spacial score (nSPS) is 6.74. The van der Waals surface area contributed by atoms with E-state index < -0.39 is 0 Å². The molecule has 1 aromatic heterocycles. The first-order valence-electron chi connectivity index (χ1n) is 5.85. The van der Waals surface area contributed by atoms with Crippen LogP contribution >= 0.6 is 0 Å². The number of hydrogen-bond acceptors (Lipinski definition) is 1. The summed E-state index contributed by atoms with van der Waals surface area (Å²) in [4.78, 5) is 4.22. The maximum atomic E-state index is 4.22. The van der Waals surface area contributed by atoms with E-state index in [0.717, 1.165) is 11.3 Å². The van der Waals surface area contributed by atoms with E-state index in [4.69, 9.17) is 0 Å². The quantitative estimate of drug-likeness (QED) is 0.490. The van der Waals surface area contributed by atoms with Gasteiger partial charge in [0.15, 0.2) is 0 Å². The van der Waals surface area contributed by atoms with Crippen molar-refractivity contribution in [1.82, 2.24) is 4.98 Å². The van der Waals surface area contributed by atoms with Gasteiger partial charge >= 0.3 is 0 Å². The fourth-order valence-corrected chi connectivity index (χ4v) is 1.07. The zero-order valence-electron chi connectivity index (χ0n) is 12.5. The number of pyridine rings is 1. The average molecular weight is 510 g/mol. The summed E-state index contributed by atoms with van der Waals surface area (Å²) in [6, 6.07) is 16.8. The van der Waals surface area contributed by atoms with Gasteiger partial charge < -0.3 is 12.4 Å². The second kappa shape index (κ2) is 20.4. The Balaban J connectivity index is -0.000000148. The Kier molecular flexibility index (Phi) is 29.5. The molecule has 3 heteroatoms. The van der Waals surface area contributed by atoms with Crippen LogP contribution in [0.4, 0.5) is 0 Å². The van der Waals surface area contributed by atoms with Crippen LogP contribution in [0.5, 0.6) is 0 Å². The van der Waals surface area contributed by atoms with Crippen molar-refractivity contribution in [1.29, 1.82) is 0 Å². The first kappa shape index (κ1) is 27.5. The summed E-state index contributed by atoms with van der Waals surface area (Å²) in [6.07, 6.45) is 1.79. The van der Waals surface area contributed by atoms with E-state index >= 15 is 0 Å². The standard InChI is InChI=1S/C11H8N.2C2H6.CH3.Ir.Y/c1-2-6-10(7-3-1)11-8-4-5-9-12-11;2*1-2;;;/h1-6,8-9H;2*1-2H3;1H3;;/q-1;;;-1;;. The molecule has 0 fully saturated rings. The minimum atomic E-state index is 0. The molecule has 1 nitrogen and oxygen atoms in total. The number of rotatable bonds is 1. The molecule has 0 aliphatic rings. The minimum absolute atomic E-state index is 0. The third-order valence-corrected chi connectivity index (χ3v) is 1.65. The van der Waals surface area contributed by atoms with E-state index in [1.807, 2.05) is 70.2 Å². The molecule has 2 aromatic rings. The van der Waals surface area contributed by atoms with Crippen molar-refractivity contribution in [3.8, 4) is 11.3 Å². The van der Waals surface area contributed by atoms with Crippen LogP contribution in [0.15, 0.2) is 48.7 Å². The molecule has 0 N–H and O–H groups in total. The van der Waals surface area contributed by atoms with Gasteiger partial charge in [0.2, 0.25) is 0 Å². The van der Waals surface area contributed by atoms with Crippen molar-refractivity contribution in [2.75, 3.05) is 0 Å². The topological polar surface area (TPSA) is 12.9 Å². The fraction of sp³-hybridized carbons (Fsp3) is 0.250. The third kappa shape index (κ3) is 11.6. The van der Waals surface area contributed by atoms with Crippen LogP contribution in [-0.2, 0) is 52.8 Å². The second-order valence-corrected chi connectivity index (χ2v) is 2.49. The van der Waals surface area contributed by atoms with E-state index in [0.29, 0.717) is 0 Å². The average Bonchev–Trinajstić information content (AvgIpc) is 2.45. The number of benzene rings is 1. The summed E-state index contributed by atoms with van der Waals surface area (Å²) in [5.74, 6) is 0. The van der Waals surface area contributed by atoms with Crippen LogP contribution < -0.4 is 0 Å². The maximum Gasteiger partial charge on any atom is 0.0160 e. The smallest absolute Gasteiger partial charge is 0.0160 e. The van der Waals surface area contributed by atoms with Gasteiger partial charge in [0, 0.05) is 59.0 Å². The molecule has 0 saturated heterocycles. The molecule has 1 heterocycles. The van der Waals surface area contributed by atoms with Crippen molar-refractivity contribution in [2.45, 2.75) is 27.7 Å². The molecule has 0 spiro atoms. The van der Waals surface area contributed by atoms with Crippen molar-refractivity contribution >= 4 is 0 Å². The number of nitrogens with zero attached hydrogens (tertiary/aromatic N) is 1. The predicted octanol–water partition coefficient (Wildman–Crippen LogP) is 5.05. The Hall–Kier alpha value is 0.123. The van der Waals surface area contributed by atoms with Gasteiger partial charge in [-0.05, 0) is 11.8 Å². The monoisotopic (exact) mass is 511 g/mol. The molecular weight excluding hydrogens is 487 g/mol. The first-order chi connectivity index (χ1) is 7.97. The van der Waals surface area contributed by atoms with Gasteiger partial charge in [-0.15, -0.1) is 35.9 Å². The molecule has 0 saturated carbocycles. The molecule has 0 amide bonds. The van der Waals surface area contributed by atoms with E-state index in [9.17, 15) is 0 Å². The van der Waals surface area contributed by atoms with Gasteiger partial charge in [0.05, 0.1) is 0 Å². The van der Waals surface area contributed by atoms with E-state index in [1.54, 1.807) is 6.20 Å². The van der Waals surface area contributed by atoms with Crippen molar-refractivity contribution in [3.05, 3.63) is 62.2 Å². The minimum Gasteiger partial charge on any atom is -0.358 e. The van der Waals surface area contributed by atoms with Gasteiger partial charge in [0.1, 0.15) is 0 Å².